The third kappa shape index (κ3) is 2.84. The van der Waals surface area contributed by atoms with Crippen molar-refractivity contribution in [1.82, 2.24) is 0 Å². The largest absolute Gasteiger partial charge is 0.0561 e. The van der Waals surface area contributed by atoms with Gasteiger partial charge in [-0.25, -0.2) is 0 Å². The summed E-state index contributed by atoms with van der Waals surface area (Å²) in [5, 5.41) is 0. The molecule has 0 saturated carbocycles. The fourth-order valence-corrected chi connectivity index (χ4v) is 3.51. The number of benzene rings is 2. The van der Waals surface area contributed by atoms with Crippen molar-refractivity contribution in [2.45, 2.75) is 67.7 Å². The van der Waals surface area contributed by atoms with Crippen molar-refractivity contribution in [1.29, 1.82) is 0 Å². The van der Waals surface area contributed by atoms with Crippen molar-refractivity contribution in [3.8, 4) is 11.1 Å². The van der Waals surface area contributed by atoms with Crippen LogP contribution in [0.1, 0.15) is 59.7 Å². The van der Waals surface area contributed by atoms with Crippen molar-refractivity contribution in [3.05, 3.63) is 57.1 Å². The van der Waals surface area contributed by atoms with Crippen LogP contribution in [0, 0.1) is 41.5 Å². The SMILES string of the molecule is Cc1cc(C(C)(C)C)c(C)cc1-c1c(C)c(C)cc(C)c1C. The second kappa shape index (κ2) is 5.57. The lowest BCUT2D eigenvalue weighted by atomic mass is 9.80. The second-order valence-corrected chi connectivity index (χ2v) is 7.87. The molecule has 0 fully saturated rings. The van der Waals surface area contributed by atoms with E-state index in [-0.39, 0.29) is 5.41 Å². The standard InChI is InChI=1S/C22H30/c1-13-10-14(2)18(6)21(17(13)5)19-11-16(4)20(12-15(19)3)22(7,8)9/h10-12H,1-9H3. The summed E-state index contributed by atoms with van der Waals surface area (Å²) in [5.41, 5.74) is 12.8. The minimum absolute atomic E-state index is 0.194. The van der Waals surface area contributed by atoms with E-state index in [4.69, 9.17) is 0 Å². The van der Waals surface area contributed by atoms with Crippen LogP contribution in [-0.2, 0) is 5.41 Å². The number of hydrogen-bond acceptors (Lipinski definition) is 0. The fourth-order valence-electron chi connectivity index (χ4n) is 3.51. The van der Waals surface area contributed by atoms with Crippen molar-refractivity contribution in [3.63, 3.8) is 0 Å². The Bertz CT molecular complexity index is 699. The first kappa shape index (κ1) is 16.8. The van der Waals surface area contributed by atoms with Gasteiger partial charge in [-0.2, -0.15) is 0 Å². The molecule has 118 valence electrons. The summed E-state index contributed by atoms with van der Waals surface area (Å²) in [5.74, 6) is 0. The molecule has 0 atom stereocenters. The van der Waals surface area contributed by atoms with Gasteiger partial charge in [-0.3, -0.25) is 0 Å². The van der Waals surface area contributed by atoms with Crippen LogP contribution in [-0.4, -0.2) is 0 Å². The number of aryl methyl sites for hydroxylation is 4. The molecule has 2 aromatic rings. The van der Waals surface area contributed by atoms with Gasteiger partial charge in [0, 0.05) is 0 Å². The smallest absolute Gasteiger partial charge is 0.0117 e. The predicted octanol–water partition coefficient (Wildman–Crippen LogP) is 6.50. The van der Waals surface area contributed by atoms with Crippen LogP contribution >= 0.6 is 0 Å². The Morgan fingerprint density at radius 1 is 0.591 bits per heavy atom. The Balaban J connectivity index is 2.78. The second-order valence-electron chi connectivity index (χ2n) is 7.87. The third-order valence-corrected chi connectivity index (χ3v) is 5.01. The molecule has 0 bridgehead atoms. The zero-order valence-corrected chi connectivity index (χ0v) is 15.7. The number of hydrogen-bond donors (Lipinski definition) is 0. The topological polar surface area (TPSA) is 0 Å². The zero-order chi connectivity index (χ0) is 16.8. The van der Waals surface area contributed by atoms with Gasteiger partial charge < -0.3 is 0 Å². The van der Waals surface area contributed by atoms with Crippen molar-refractivity contribution >= 4 is 0 Å². The highest BCUT2D eigenvalue weighted by Crippen LogP contribution is 2.37. The van der Waals surface area contributed by atoms with Crippen LogP contribution in [0.15, 0.2) is 18.2 Å². The molecule has 0 amide bonds. The van der Waals surface area contributed by atoms with Crippen molar-refractivity contribution < 1.29 is 0 Å². The Hall–Kier alpha value is -1.56. The monoisotopic (exact) mass is 294 g/mol. The van der Waals surface area contributed by atoms with Gasteiger partial charge in [0.25, 0.3) is 0 Å². The minimum atomic E-state index is 0.194. The van der Waals surface area contributed by atoms with E-state index in [0.717, 1.165) is 0 Å². The fraction of sp³-hybridized carbons (Fsp3) is 0.455. The maximum Gasteiger partial charge on any atom is -0.0117 e. The predicted molar refractivity (Wildman–Crippen MR) is 99.0 cm³/mol. The molecule has 0 radical (unpaired) electrons. The lowest BCUT2D eigenvalue weighted by molar-refractivity contribution is 0.585. The van der Waals surface area contributed by atoms with E-state index in [1.165, 1.54) is 50.1 Å². The third-order valence-electron chi connectivity index (χ3n) is 5.01. The van der Waals surface area contributed by atoms with E-state index in [0.29, 0.717) is 0 Å². The molecule has 22 heavy (non-hydrogen) atoms. The molecule has 0 aliphatic carbocycles. The van der Waals surface area contributed by atoms with Gasteiger partial charge in [-0.15, -0.1) is 0 Å². The van der Waals surface area contributed by atoms with Gasteiger partial charge >= 0.3 is 0 Å². The first-order valence-electron chi connectivity index (χ1n) is 8.23. The summed E-state index contributed by atoms with van der Waals surface area (Å²) >= 11 is 0. The van der Waals surface area contributed by atoms with E-state index >= 15 is 0 Å². The normalized spacial score (nSPS) is 11.9. The summed E-state index contributed by atoms with van der Waals surface area (Å²) < 4.78 is 0. The molecular weight excluding hydrogens is 264 g/mol. The van der Waals surface area contributed by atoms with Gasteiger partial charge in [-0.05, 0) is 97.0 Å². The van der Waals surface area contributed by atoms with Crippen LogP contribution in [0.3, 0.4) is 0 Å². The molecule has 0 aromatic heterocycles. The van der Waals surface area contributed by atoms with Crippen LogP contribution in [0.5, 0.6) is 0 Å². The average Bonchev–Trinajstić information content (AvgIpc) is 2.39. The Morgan fingerprint density at radius 3 is 1.55 bits per heavy atom. The summed E-state index contributed by atoms with van der Waals surface area (Å²) in [6, 6.07) is 7.09. The molecule has 2 rings (SSSR count). The lowest BCUT2D eigenvalue weighted by Gasteiger charge is -2.25. The van der Waals surface area contributed by atoms with Gasteiger partial charge in [0.05, 0.1) is 0 Å². The van der Waals surface area contributed by atoms with Gasteiger partial charge in [-0.1, -0.05) is 39.0 Å². The number of rotatable bonds is 1. The van der Waals surface area contributed by atoms with Crippen LogP contribution in [0.25, 0.3) is 11.1 Å². The highest BCUT2D eigenvalue weighted by molar-refractivity contribution is 5.77. The maximum absolute atomic E-state index is 2.39. The molecule has 0 aliphatic heterocycles. The van der Waals surface area contributed by atoms with E-state index in [1.807, 2.05) is 0 Å². The molecule has 0 spiro atoms. The van der Waals surface area contributed by atoms with E-state index in [9.17, 15) is 0 Å². The Labute approximate surface area is 136 Å². The molecule has 2 aromatic carbocycles. The van der Waals surface area contributed by atoms with Crippen molar-refractivity contribution in [2.24, 2.45) is 0 Å². The lowest BCUT2D eigenvalue weighted by Crippen LogP contribution is -2.13. The van der Waals surface area contributed by atoms with Gasteiger partial charge in [0.2, 0.25) is 0 Å². The maximum atomic E-state index is 2.39. The van der Waals surface area contributed by atoms with Gasteiger partial charge in [0.15, 0.2) is 0 Å². The zero-order valence-electron chi connectivity index (χ0n) is 15.7. The van der Waals surface area contributed by atoms with Gasteiger partial charge in [0.1, 0.15) is 0 Å². The van der Waals surface area contributed by atoms with Crippen molar-refractivity contribution in [2.75, 3.05) is 0 Å². The molecule has 0 heterocycles. The highest BCUT2D eigenvalue weighted by atomic mass is 14.2. The average molecular weight is 294 g/mol. The van der Waals surface area contributed by atoms with E-state index < -0.39 is 0 Å². The summed E-state index contributed by atoms with van der Waals surface area (Å²) in [6.07, 6.45) is 0. The highest BCUT2D eigenvalue weighted by Gasteiger charge is 2.19. The van der Waals surface area contributed by atoms with E-state index in [1.54, 1.807) is 0 Å². The first-order valence-corrected chi connectivity index (χ1v) is 8.23. The molecule has 0 aliphatic rings. The van der Waals surface area contributed by atoms with Crippen LogP contribution in [0.4, 0.5) is 0 Å². The molecule has 0 nitrogen and oxygen atoms in total. The quantitative estimate of drug-likeness (QED) is 0.563. The van der Waals surface area contributed by atoms with E-state index in [2.05, 4.69) is 80.5 Å². The van der Waals surface area contributed by atoms with Crippen LogP contribution in [0.2, 0.25) is 0 Å². The Kier molecular flexibility index (Phi) is 4.26. The minimum Gasteiger partial charge on any atom is -0.0561 e. The summed E-state index contributed by atoms with van der Waals surface area (Å²) in [6.45, 7) is 20.3. The first-order chi connectivity index (χ1) is 10.0. The van der Waals surface area contributed by atoms with Crippen LogP contribution < -0.4 is 0 Å². The molecule has 0 heteroatoms. The Morgan fingerprint density at radius 2 is 1.09 bits per heavy atom. The molecular formula is C22H30. The summed E-state index contributed by atoms with van der Waals surface area (Å²) in [4.78, 5) is 0. The molecule has 0 saturated heterocycles. The summed E-state index contributed by atoms with van der Waals surface area (Å²) in [7, 11) is 0. The molecule has 0 N–H and O–H groups in total. The molecule has 0 unspecified atom stereocenters.